The lowest BCUT2D eigenvalue weighted by molar-refractivity contribution is 0.270. The third-order valence-corrected chi connectivity index (χ3v) is 3.40. The van der Waals surface area contributed by atoms with Crippen LogP contribution in [-0.4, -0.2) is 49.7 Å². The summed E-state index contributed by atoms with van der Waals surface area (Å²) in [6, 6.07) is 1.77. The number of likely N-dealkylation sites (N-methyl/N-ethyl adjacent to an activating group) is 1. The molecule has 1 aromatic rings. The van der Waals surface area contributed by atoms with Gasteiger partial charge in [-0.05, 0) is 6.54 Å². The summed E-state index contributed by atoms with van der Waals surface area (Å²) in [5.74, 6) is 0.801. The number of methoxy groups -OCH3 is 1. The highest BCUT2D eigenvalue weighted by molar-refractivity contribution is 6.29. The zero-order valence-electron chi connectivity index (χ0n) is 10.3. The summed E-state index contributed by atoms with van der Waals surface area (Å²) in [5.41, 5.74) is 1.03. The summed E-state index contributed by atoms with van der Waals surface area (Å²) < 4.78 is 5.35. The maximum Gasteiger partial charge on any atom is 0.146 e. The van der Waals surface area contributed by atoms with Crippen LogP contribution in [0.3, 0.4) is 0 Å². The van der Waals surface area contributed by atoms with Gasteiger partial charge in [0.15, 0.2) is 0 Å². The summed E-state index contributed by atoms with van der Waals surface area (Å²) in [4.78, 5) is 8.87. The maximum absolute atomic E-state index is 5.86. The molecular formula is C12H18ClN3O. The lowest BCUT2D eigenvalue weighted by Crippen LogP contribution is -2.46. The first-order chi connectivity index (χ1) is 8.24. The Bertz CT molecular complexity index is 378. The van der Waals surface area contributed by atoms with Crippen molar-refractivity contribution in [3.8, 4) is 5.75 Å². The van der Waals surface area contributed by atoms with Gasteiger partial charge in [0.1, 0.15) is 10.9 Å². The summed E-state index contributed by atoms with van der Waals surface area (Å²) >= 11 is 5.86. The first kappa shape index (κ1) is 12.5. The van der Waals surface area contributed by atoms with E-state index in [9.17, 15) is 0 Å². The highest BCUT2D eigenvalue weighted by Gasteiger charge is 2.19. The lowest BCUT2D eigenvalue weighted by Gasteiger charge is -2.35. The molecule has 0 aliphatic carbocycles. The summed E-state index contributed by atoms with van der Waals surface area (Å²) in [6.45, 7) is 7.50. The van der Waals surface area contributed by atoms with Gasteiger partial charge in [-0.3, -0.25) is 0 Å². The molecule has 0 bridgehead atoms. The summed E-state index contributed by atoms with van der Waals surface area (Å²) in [7, 11) is 1.66. The van der Waals surface area contributed by atoms with Crippen molar-refractivity contribution < 1.29 is 4.74 Å². The molecule has 1 fully saturated rings. The molecule has 17 heavy (non-hydrogen) atoms. The molecule has 94 valence electrons. The zero-order valence-corrected chi connectivity index (χ0v) is 11.1. The Balaban J connectivity index is 2.12. The Labute approximate surface area is 107 Å². The van der Waals surface area contributed by atoms with Crippen molar-refractivity contribution in [3.63, 3.8) is 0 Å². The predicted octanol–water partition coefficient (Wildman–Crippen LogP) is 1.89. The van der Waals surface area contributed by atoms with Gasteiger partial charge >= 0.3 is 0 Å². The minimum absolute atomic E-state index is 0.470. The van der Waals surface area contributed by atoms with Gasteiger partial charge in [0.2, 0.25) is 0 Å². The molecule has 0 unspecified atom stereocenters. The second-order valence-electron chi connectivity index (χ2n) is 4.10. The molecule has 1 saturated heterocycles. The first-order valence-corrected chi connectivity index (χ1v) is 6.29. The molecule has 0 atom stereocenters. The monoisotopic (exact) mass is 255 g/mol. The van der Waals surface area contributed by atoms with Crippen molar-refractivity contribution in [2.75, 3.05) is 44.7 Å². The number of nitrogens with zero attached hydrogens (tertiary/aromatic N) is 3. The number of aromatic nitrogens is 1. The Hall–Kier alpha value is -1.00. The largest absolute Gasteiger partial charge is 0.494 e. The van der Waals surface area contributed by atoms with Gasteiger partial charge in [0.25, 0.3) is 0 Å². The van der Waals surface area contributed by atoms with Crippen LogP contribution in [0.25, 0.3) is 0 Å². The molecule has 0 aromatic carbocycles. The molecule has 0 spiro atoms. The van der Waals surface area contributed by atoms with Crippen molar-refractivity contribution in [2.45, 2.75) is 6.92 Å². The number of hydrogen-bond donors (Lipinski definition) is 0. The fourth-order valence-corrected chi connectivity index (χ4v) is 2.26. The van der Waals surface area contributed by atoms with Gasteiger partial charge in [-0.25, -0.2) is 4.98 Å². The van der Waals surface area contributed by atoms with E-state index in [1.807, 2.05) is 0 Å². The van der Waals surface area contributed by atoms with Gasteiger partial charge in [-0.15, -0.1) is 0 Å². The molecule has 2 rings (SSSR count). The molecule has 0 N–H and O–H groups in total. The molecule has 4 nitrogen and oxygen atoms in total. The second-order valence-corrected chi connectivity index (χ2v) is 4.49. The summed E-state index contributed by atoms with van der Waals surface area (Å²) in [6.07, 6.45) is 1.79. The van der Waals surface area contributed by atoms with Crippen LogP contribution in [0.4, 0.5) is 5.69 Å². The fourth-order valence-electron chi connectivity index (χ4n) is 2.11. The van der Waals surface area contributed by atoms with Crippen molar-refractivity contribution in [3.05, 3.63) is 17.4 Å². The third-order valence-electron chi connectivity index (χ3n) is 3.19. The van der Waals surface area contributed by atoms with E-state index >= 15 is 0 Å². The van der Waals surface area contributed by atoms with E-state index < -0.39 is 0 Å². The number of ether oxygens (including phenoxy) is 1. The van der Waals surface area contributed by atoms with Gasteiger partial charge in [-0.1, -0.05) is 18.5 Å². The second kappa shape index (κ2) is 5.56. The molecule has 5 heteroatoms. The van der Waals surface area contributed by atoms with Crippen molar-refractivity contribution in [1.29, 1.82) is 0 Å². The highest BCUT2D eigenvalue weighted by atomic mass is 35.5. The lowest BCUT2D eigenvalue weighted by atomic mass is 10.2. The van der Waals surface area contributed by atoms with Crippen molar-refractivity contribution in [2.24, 2.45) is 0 Å². The van der Waals surface area contributed by atoms with E-state index in [2.05, 4.69) is 21.7 Å². The van der Waals surface area contributed by atoms with Gasteiger partial charge < -0.3 is 14.5 Å². The molecule has 2 heterocycles. The van der Waals surface area contributed by atoms with Crippen LogP contribution in [0.2, 0.25) is 5.15 Å². The average molecular weight is 256 g/mol. The van der Waals surface area contributed by atoms with Gasteiger partial charge in [-0.2, -0.15) is 0 Å². The Morgan fingerprint density at radius 1 is 1.35 bits per heavy atom. The number of halogens is 1. The van der Waals surface area contributed by atoms with E-state index in [0.29, 0.717) is 5.15 Å². The average Bonchev–Trinajstić information content (AvgIpc) is 2.39. The third kappa shape index (κ3) is 2.82. The zero-order chi connectivity index (χ0) is 12.3. The van der Waals surface area contributed by atoms with E-state index in [4.69, 9.17) is 16.3 Å². The Morgan fingerprint density at radius 2 is 2.06 bits per heavy atom. The molecule has 1 aromatic heterocycles. The minimum atomic E-state index is 0.470. The van der Waals surface area contributed by atoms with Gasteiger partial charge in [0, 0.05) is 32.2 Å². The van der Waals surface area contributed by atoms with E-state index in [1.165, 1.54) is 0 Å². The quantitative estimate of drug-likeness (QED) is 0.772. The van der Waals surface area contributed by atoms with Crippen LogP contribution in [-0.2, 0) is 0 Å². The van der Waals surface area contributed by atoms with Crippen molar-refractivity contribution in [1.82, 2.24) is 9.88 Å². The normalized spacial score (nSPS) is 17.2. The molecule has 0 amide bonds. The SMILES string of the molecule is CCN1CCN(c2cnc(Cl)cc2OC)CC1. The number of piperazine rings is 1. The number of pyridine rings is 1. The van der Waals surface area contributed by atoms with Crippen LogP contribution in [0.15, 0.2) is 12.3 Å². The predicted molar refractivity (Wildman–Crippen MR) is 70.1 cm³/mol. The fraction of sp³-hybridized carbons (Fsp3) is 0.583. The molecule has 0 radical (unpaired) electrons. The number of hydrogen-bond acceptors (Lipinski definition) is 4. The Kier molecular flexibility index (Phi) is 4.07. The van der Waals surface area contributed by atoms with Gasteiger partial charge in [0.05, 0.1) is 19.0 Å². The van der Waals surface area contributed by atoms with Crippen LogP contribution >= 0.6 is 11.6 Å². The van der Waals surface area contributed by atoms with E-state index in [1.54, 1.807) is 19.4 Å². The molecule has 0 saturated carbocycles. The van der Waals surface area contributed by atoms with Crippen LogP contribution < -0.4 is 9.64 Å². The molecule has 1 aliphatic rings. The van der Waals surface area contributed by atoms with Crippen LogP contribution in [0.1, 0.15) is 6.92 Å². The maximum atomic E-state index is 5.86. The topological polar surface area (TPSA) is 28.6 Å². The van der Waals surface area contributed by atoms with E-state index in [-0.39, 0.29) is 0 Å². The number of rotatable bonds is 3. The van der Waals surface area contributed by atoms with Crippen LogP contribution in [0, 0.1) is 0 Å². The molecular weight excluding hydrogens is 238 g/mol. The van der Waals surface area contributed by atoms with Crippen molar-refractivity contribution >= 4 is 17.3 Å². The highest BCUT2D eigenvalue weighted by Crippen LogP contribution is 2.29. The Morgan fingerprint density at radius 3 is 2.65 bits per heavy atom. The van der Waals surface area contributed by atoms with E-state index in [0.717, 1.165) is 44.2 Å². The van der Waals surface area contributed by atoms with Crippen LogP contribution in [0.5, 0.6) is 5.75 Å². The standard InChI is InChI=1S/C12H18ClN3O/c1-3-15-4-6-16(7-5-15)10-9-14-12(13)8-11(10)17-2/h8-9H,3-7H2,1-2H3. The molecule has 1 aliphatic heterocycles. The summed E-state index contributed by atoms with van der Waals surface area (Å²) in [5, 5.41) is 0.470. The first-order valence-electron chi connectivity index (χ1n) is 5.91. The number of anilines is 1. The minimum Gasteiger partial charge on any atom is -0.494 e. The smallest absolute Gasteiger partial charge is 0.146 e.